The first kappa shape index (κ1) is 22.9. The predicted molar refractivity (Wildman–Crippen MR) is 119 cm³/mol. The highest BCUT2D eigenvalue weighted by molar-refractivity contribution is 6.02. The zero-order valence-corrected chi connectivity index (χ0v) is 17.6. The number of hydrogen-bond donors (Lipinski definition) is 2. The smallest absolute Gasteiger partial charge is 0.252 e. The Labute approximate surface area is 176 Å². The van der Waals surface area contributed by atoms with Crippen LogP contribution in [0, 0.1) is 19.8 Å². The van der Waals surface area contributed by atoms with Crippen LogP contribution in [-0.2, 0) is 0 Å². The number of alkyl halides is 1. The van der Waals surface area contributed by atoms with Gasteiger partial charge in [0.25, 0.3) is 5.91 Å². The van der Waals surface area contributed by atoms with Gasteiger partial charge in [-0.25, -0.2) is 8.91 Å². The molecule has 7 heteroatoms. The molecule has 1 amide bonds. The van der Waals surface area contributed by atoms with Gasteiger partial charge < -0.3 is 11.1 Å². The minimum absolute atomic E-state index is 0.271. The number of nitrogens with one attached hydrogen (secondary N) is 1. The molecule has 0 aromatic carbocycles. The molecular formula is C23H28FN5O. The summed E-state index contributed by atoms with van der Waals surface area (Å²) >= 11 is 0. The molecule has 0 spiro atoms. The number of anilines is 1. The molecule has 4 rings (SSSR count). The average Bonchev–Trinajstić information content (AvgIpc) is 3.37. The van der Waals surface area contributed by atoms with E-state index in [0.717, 1.165) is 29.5 Å². The zero-order valence-electron chi connectivity index (χ0n) is 17.6. The summed E-state index contributed by atoms with van der Waals surface area (Å²) in [5, 5.41) is 7.51. The molecule has 3 heterocycles. The minimum atomic E-state index is -0.930. The second-order valence-corrected chi connectivity index (χ2v) is 6.74. The number of rotatable bonds is 4. The standard InChI is InChI=1S/C19H20FN5O.C2H6.C2H2/c1-11-8-22-6-5-13(11)12-7-17-18(24-16-4-2-3-15(16)20)14(19(21)26)9-23-25(17)10-12;2*1-2/h5-10,15-16,24H,2-4H2,1H3,(H2,21,26);1-2H3;1-2H/t15-,16+;;/m0../s1. The summed E-state index contributed by atoms with van der Waals surface area (Å²) in [7, 11) is 0. The number of nitrogens with two attached hydrogens (primary N) is 1. The monoisotopic (exact) mass is 409 g/mol. The zero-order chi connectivity index (χ0) is 22.3. The van der Waals surface area contributed by atoms with Gasteiger partial charge >= 0.3 is 0 Å². The average molecular weight is 410 g/mol. The van der Waals surface area contributed by atoms with Crippen molar-refractivity contribution in [2.75, 3.05) is 5.32 Å². The topological polar surface area (TPSA) is 85.3 Å². The van der Waals surface area contributed by atoms with Crippen LogP contribution in [0.4, 0.5) is 10.1 Å². The van der Waals surface area contributed by atoms with E-state index in [4.69, 9.17) is 5.73 Å². The molecule has 158 valence electrons. The SMILES string of the molecule is C#C.CC.Cc1cnccc1-c1cc2c(N[C@@H]3CCC[C@@H]3F)c(C(N)=O)cnn2c1. The second kappa shape index (κ2) is 10.4. The molecule has 1 aliphatic rings. The van der Waals surface area contributed by atoms with Crippen LogP contribution < -0.4 is 11.1 Å². The van der Waals surface area contributed by atoms with Crippen molar-refractivity contribution in [1.29, 1.82) is 0 Å². The number of aromatic nitrogens is 3. The van der Waals surface area contributed by atoms with Crippen LogP contribution in [0.3, 0.4) is 0 Å². The van der Waals surface area contributed by atoms with Crippen molar-refractivity contribution in [1.82, 2.24) is 14.6 Å². The lowest BCUT2D eigenvalue weighted by Gasteiger charge is -2.19. The highest BCUT2D eigenvalue weighted by atomic mass is 19.1. The van der Waals surface area contributed by atoms with Crippen LogP contribution >= 0.6 is 0 Å². The van der Waals surface area contributed by atoms with Crippen molar-refractivity contribution < 1.29 is 9.18 Å². The Balaban J connectivity index is 0.000000757. The van der Waals surface area contributed by atoms with Gasteiger partial charge in [0.15, 0.2) is 0 Å². The number of amides is 1. The van der Waals surface area contributed by atoms with E-state index >= 15 is 0 Å². The van der Waals surface area contributed by atoms with E-state index in [2.05, 4.69) is 28.2 Å². The normalized spacial score (nSPS) is 17.4. The van der Waals surface area contributed by atoms with E-state index in [1.165, 1.54) is 6.20 Å². The molecule has 1 aliphatic carbocycles. The van der Waals surface area contributed by atoms with Gasteiger partial charge in [-0.1, -0.05) is 13.8 Å². The summed E-state index contributed by atoms with van der Waals surface area (Å²) in [4.78, 5) is 16.0. The third kappa shape index (κ3) is 4.60. The molecular weight excluding hydrogens is 381 g/mol. The van der Waals surface area contributed by atoms with Crippen molar-refractivity contribution in [3.63, 3.8) is 0 Å². The van der Waals surface area contributed by atoms with E-state index in [0.29, 0.717) is 17.6 Å². The Hall–Kier alpha value is -3.40. The van der Waals surface area contributed by atoms with Crippen LogP contribution in [0.25, 0.3) is 16.6 Å². The molecule has 1 saturated carbocycles. The maximum Gasteiger partial charge on any atom is 0.252 e. The number of hydrogen-bond acceptors (Lipinski definition) is 4. The predicted octanol–water partition coefficient (Wildman–Crippen LogP) is 4.38. The van der Waals surface area contributed by atoms with Crippen molar-refractivity contribution in [2.45, 2.75) is 52.2 Å². The van der Waals surface area contributed by atoms with Gasteiger partial charge in [0.05, 0.1) is 29.0 Å². The summed E-state index contributed by atoms with van der Waals surface area (Å²) in [6.07, 6.45) is 16.0. The lowest BCUT2D eigenvalue weighted by atomic mass is 10.1. The summed E-state index contributed by atoms with van der Waals surface area (Å²) in [6.45, 7) is 5.98. The van der Waals surface area contributed by atoms with E-state index in [9.17, 15) is 9.18 Å². The number of aryl methyl sites for hydroxylation is 1. The summed E-state index contributed by atoms with van der Waals surface area (Å²) in [5.74, 6) is -0.584. The first-order valence-electron chi connectivity index (χ1n) is 10.0. The fourth-order valence-corrected chi connectivity index (χ4v) is 3.60. The van der Waals surface area contributed by atoms with Gasteiger partial charge in [-0.05, 0) is 49.4 Å². The van der Waals surface area contributed by atoms with Crippen LogP contribution in [0.5, 0.6) is 0 Å². The molecule has 3 aromatic heterocycles. The van der Waals surface area contributed by atoms with Crippen molar-refractivity contribution >= 4 is 17.1 Å². The molecule has 6 nitrogen and oxygen atoms in total. The Morgan fingerprint density at radius 3 is 2.63 bits per heavy atom. The Kier molecular flexibility index (Phi) is 7.93. The summed E-state index contributed by atoms with van der Waals surface area (Å²) < 4.78 is 15.8. The van der Waals surface area contributed by atoms with E-state index in [1.54, 1.807) is 16.9 Å². The fraction of sp³-hybridized carbons (Fsp3) is 0.348. The largest absolute Gasteiger partial charge is 0.377 e. The number of primary amides is 1. The third-order valence-corrected chi connectivity index (χ3v) is 5.00. The van der Waals surface area contributed by atoms with Gasteiger partial charge in [-0.2, -0.15) is 5.10 Å². The van der Waals surface area contributed by atoms with Crippen LogP contribution in [0.2, 0.25) is 0 Å². The molecule has 2 atom stereocenters. The van der Waals surface area contributed by atoms with Gasteiger partial charge in [0, 0.05) is 24.2 Å². The number of halogens is 1. The molecule has 30 heavy (non-hydrogen) atoms. The molecule has 0 radical (unpaired) electrons. The van der Waals surface area contributed by atoms with Crippen molar-refractivity contribution in [3.8, 4) is 24.0 Å². The Bertz CT molecular complexity index is 1030. The van der Waals surface area contributed by atoms with Gasteiger partial charge in [-0.3, -0.25) is 9.78 Å². The fourth-order valence-electron chi connectivity index (χ4n) is 3.60. The number of pyridine rings is 1. The number of terminal acetylenes is 1. The number of carbonyl (C=O) groups is 1. The molecule has 0 bridgehead atoms. The lowest BCUT2D eigenvalue weighted by molar-refractivity contribution is 0.100. The molecule has 0 unspecified atom stereocenters. The number of nitrogens with zero attached hydrogens (tertiary/aromatic N) is 3. The number of fused-ring (bicyclic) bond motifs is 1. The number of carbonyl (C=O) groups excluding carboxylic acids is 1. The first-order valence-corrected chi connectivity index (χ1v) is 10.0. The Morgan fingerprint density at radius 1 is 1.30 bits per heavy atom. The minimum Gasteiger partial charge on any atom is -0.377 e. The van der Waals surface area contributed by atoms with Crippen molar-refractivity contribution in [3.05, 3.63) is 48.0 Å². The van der Waals surface area contributed by atoms with E-state index in [-0.39, 0.29) is 11.6 Å². The molecule has 3 N–H and O–H groups in total. The van der Waals surface area contributed by atoms with E-state index < -0.39 is 12.1 Å². The molecule has 3 aromatic rings. The maximum atomic E-state index is 14.1. The lowest BCUT2D eigenvalue weighted by Crippen LogP contribution is -2.27. The maximum absolute atomic E-state index is 14.1. The molecule has 0 saturated heterocycles. The van der Waals surface area contributed by atoms with Gasteiger partial charge in [-0.15, -0.1) is 12.8 Å². The van der Waals surface area contributed by atoms with Crippen LogP contribution in [0.1, 0.15) is 49.0 Å². The first-order chi connectivity index (χ1) is 14.5. The van der Waals surface area contributed by atoms with Crippen molar-refractivity contribution in [2.24, 2.45) is 5.73 Å². The highest BCUT2D eigenvalue weighted by Crippen LogP contribution is 2.32. The molecule has 0 aliphatic heterocycles. The van der Waals surface area contributed by atoms with Crippen LogP contribution in [-0.4, -0.2) is 32.7 Å². The van der Waals surface area contributed by atoms with Gasteiger partial charge in [0.1, 0.15) is 6.17 Å². The summed E-state index contributed by atoms with van der Waals surface area (Å²) in [5.41, 5.74) is 10.1. The Morgan fingerprint density at radius 2 is 2.03 bits per heavy atom. The second-order valence-electron chi connectivity index (χ2n) is 6.74. The van der Waals surface area contributed by atoms with Gasteiger partial charge in [0.2, 0.25) is 0 Å². The third-order valence-electron chi connectivity index (χ3n) is 5.00. The quantitative estimate of drug-likeness (QED) is 0.626. The molecule has 1 fully saturated rings. The van der Waals surface area contributed by atoms with E-state index in [1.807, 2.05) is 39.1 Å². The van der Waals surface area contributed by atoms with Crippen LogP contribution in [0.15, 0.2) is 36.9 Å². The highest BCUT2D eigenvalue weighted by Gasteiger charge is 2.29. The summed E-state index contributed by atoms with van der Waals surface area (Å²) in [6, 6.07) is 3.55.